The van der Waals surface area contributed by atoms with Crippen LogP contribution in [-0.2, 0) is 4.79 Å². The number of aliphatic carboxylic acids is 1. The maximum atomic E-state index is 11.4. The predicted molar refractivity (Wildman–Crippen MR) is 75.3 cm³/mol. The molecule has 0 aliphatic rings. The molecule has 0 amide bonds. The Hall–Kier alpha value is -2.42. The SMILES string of the molecule is CC(C(=O)O)c1c2ccccc2nc2ccccc12. The number of carboxylic acids is 1. The Kier molecular flexibility index (Phi) is 2.67. The second-order valence-electron chi connectivity index (χ2n) is 4.62. The maximum Gasteiger partial charge on any atom is 0.310 e. The highest BCUT2D eigenvalue weighted by atomic mass is 16.4. The number of pyridine rings is 1. The summed E-state index contributed by atoms with van der Waals surface area (Å²) in [6.45, 7) is 1.72. The Balaban J connectivity index is 2.49. The summed E-state index contributed by atoms with van der Waals surface area (Å²) in [5.41, 5.74) is 2.52. The summed E-state index contributed by atoms with van der Waals surface area (Å²) in [6.07, 6.45) is 0. The Morgan fingerprint density at radius 3 is 1.95 bits per heavy atom. The van der Waals surface area contributed by atoms with Gasteiger partial charge in [0.25, 0.3) is 0 Å². The van der Waals surface area contributed by atoms with Gasteiger partial charge in [-0.15, -0.1) is 0 Å². The molecule has 3 aromatic rings. The fourth-order valence-electron chi connectivity index (χ4n) is 2.46. The van der Waals surface area contributed by atoms with Crippen LogP contribution in [0.1, 0.15) is 18.4 Å². The lowest BCUT2D eigenvalue weighted by atomic mass is 9.93. The third-order valence-corrected chi connectivity index (χ3v) is 3.43. The molecule has 1 unspecified atom stereocenters. The number of fused-ring (bicyclic) bond motifs is 2. The summed E-state index contributed by atoms with van der Waals surface area (Å²) in [6, 6.07) is 15.4. The summed E-state index contributed by atoms with van der Waals surface area (Å²) < 4.78 is 0. The number of hydrogen-bond acceptors (Lipinski definition) is 2. The average Bonchev–Trinajstić information content (AvgIpc) is 2.43. The number of nitrogens with zero attached hydrogens (tertiary/aromatic N) is 1. The van der Waals surface area contributed by atoms with Crippen LogP contribution in [0.3, 0.4) is 0 Å². The molecule has 0 spiro atoms. The molecule has 0 fully saturated rings. The van der Waals surface area contributed by atoms with Crippen LogP contribution in [0.2, 0.25) is 0 Å². The molecule has 94 valence electrons. The molecule has 0 saturated carbocycles. The highest BCUT2D eigenvalue weighted by Gasteiger charge is 2.20. The molecular formula is C16H13NO2. The topological polar surface area (TPSA) is 50.2 Å². The number of carboxylic acid groups (broad SMARTS) is 1. The van der Waals surface area contributed by atoms with Gasteiger partial charge in [0.15, 0.2) is 0 Å². The average molecular weight is 251 g/mol. The summed E-state index contributed by atoms with van der Waals surface area (Å²) in [7, 11) is 0. The largest absolute Gasteiger partial charge is 0.481 e. The van der Waals surface area contributed by atoms with Gasteiger partial charge in [0.2, 0.25) is 0 Å². The van der Waals surface area contributed by atoms with E-state index in [1.165, 1.54) is 0 Å². The summed E-state index contributed by atoms with van der Waals surface area (Å²) in [5.74, 6) is -1.38. The van der Waals surface area contributed by atoms with Gasteiger partial charge >= 0.3 is 5.97 Å². The first kappa shape index (κ1) is 11.7. The van der Waals surface area contributed by atoms with E-state index in [1.807, 2.05) is 48.5 Å². The number of carbonyl (C=O) groups is 1. The van der Waals surface area contributed by atoms with E-state index in [0.29, 0.717) is 0 Å². The zero-order chi connectivity index (χ0) is 13.4. The second-order valence-corrected chi connectivity index (χ2v) is 4.62. The smallest absolute Gasteiger partial charge is 0.310 e. The highest BCUT2D eigenvalue weighted by molar-refractivity contribution is 6.01. The van der Waals surface area contributed by atoms with Gasteiger partial charge in [0.1, 0.15) is 0 Å². The Morgan fingerprint density at radius 2 is 1.47 bits per heavy atom. The summed E-state index contributed by atoms with van der Waals surface area (Å²) in [5, 5.41) is 11.2. The lowest BCUT2D eigenvalue weighted by Gasteiger charge is -2.14. The van der Waals surface area contributed by atoms with Crippen molar-refractivity contribution in [2.24, 2.45) is 0 Å². The maximum absolute atomic E-state index is 11.4. The van der Waals surface area contributed by atoms with Crippen LogP contribution in [0.4, 0.5) is 0 Å². The van der Waals surface area contributed by atoms with Crippen molar-refractivity contribution in [1.29, 1.82) is 0 Å². The first-order chi connectivity index (χ1) is 9.18. The summed E-state index contributed by atoms with van der Waals surface area (Å²) >= 11 is 0. The second kappa shape index (κ2) is 4.35. The van der Waals surface area contributed by atoms with Crippen LogP contribution < -0.4 is 0 Å². The third-order valence-electron chi connectivity index (χ3n) is 3.43. The van der Waals surface area contributed by atoms with E-state index in [2.05, 4.69) is 4.98 Å². The number of rotatable bonds is 2. The van der Waals surface area contributed by atoms with Gasteiger partial charge in [-0.1, -0.05) is 36.4 Å². The molecule has 0 aliphatic carbocycles. The minimum Gasteiger partial charge on any atom is -0.481 e. The van der Waals surface area contributed by atoms with E-state index in [0.717, 1.165) is 27.4 Å². The van der Waals surface area contributed by atoms with Gasteiger partial charge in [-0.05, 0) is 24.6 Å². The van der Waals surface area contributed by atoms with E-state index in [-0.39, 0.29) is 0 Å². The lowest BCUT2D eigenvalue weighted by molar-refractivity contribution is -0.138. The van der Waals surface area contributed by atoms with Crippen molar-refractivity contribution in [2.45, 2.75) is 12.8 Å². The molecule has 0 saturated heterocycles. The van der Waals surface area contributed by atoms with E-state index < -0.39 is 11.9 Å². The van der Waals surface area contributed by atoms with E-state index in [9.17, 15) is 9.90 Å². The van der Waals surface area contributed by atoms with Gasteiger partial charge in [-0.3, -0.25) is 4.79 Å². The van der Waals surface area contributed by atoms with E-state index >= 15 is 0 Å². The normalized spacial score (nSPS) is 12.7. The van der Waals surface area contributed by atoms with Crippen LogP contribution in [0.5, 0.6) is 0 Å². The first-order valence-electron chi connectivity index (χ1n) is 6.18. The quantitative estimate of drug-likeness (QED) is 0.708. The molecule has 1 N–H and O–H groups in total. The van der Waals surface area contributed by atoms with Crippen molar-refractivity contribution in [2.75, 3.05) is 0 Å². The molecule has 3 rings (SSSR count). The first-order valence-corrected chi connectivity index (χ1v) is 6.18. The highest BCUT2D eigenvalue weighted by Crippen LogP contribution is 2.31. The summed E-state index contributed by atoms with van der Waals surface area (Å²) in [4.78, 5) is 16.0. The monoisotopic (exact) mass is 251 g/mol. The molecular weight excluding hydrogens is 238 g/mol. The zero-order valence-electron chi connectivity index (χ0n) is 10.5. The van der Waals surface area contributed by atoms with Crippen LogP contribution in [0, 0.1) is 0 Å². The molecule has 0 radical (unpaired) electrons. The van der Waals surface area contributed by atoms with Crippen molar-refractivity contribution >= 4 is 27.8 Å². The van der Waals surface area contributed by atoms with Crippen molar-refractivity contribution in [3.05, 3.63) is 54.1 Å². The number of benzene rings is 2. The van der Waals surface area contributed by atoms with Crippen molar-refractivity contribution in [1.82, 2.24) is 4.98 Å². The van der Waals surface area contributed by atoms with Gasteiger partial charge in [0.05, 0.1) is 17.0 Å². The molecule has 1 heterocycles. The molecule has 3 heteroatoms. The minimum absolute atomic E-state index is 0.558. The van der Waals surface area contributed by atoms with Gasteiger partial charge in [-0.25, -0.2) is 4.98 Å². The van der Waals surface area contributed by atoms with E-state index in [4.69, 9.17) is 0 Å². The standard InChI is InChI=1S/C16H13NO2/c1-10(16(18)19)15-11-6-2-4-8-13(11)17-14-9-5-3-7-12(14)15/h2-10H,1H3,(H,18,19). The molecule has 3 nitrogen and oxygen atoms in total. The molecule has 1 atom stereocenters. The third kappa shape index (κ3) is 1.83. The number of hydrogen-bond donors (Lipinski definition) is 1. The van der Waals surface area contributed by atoms with Crippen LogP contribution >= 0.6 is 0 Å². The van der Waals surface area contributed by atoms with Gasteiger partial charge < -0.3 is 5.11 Å². The van der Waals surface area contributed by atoms with Crippen molar-refractivity contribution < 1.29 is 9.90 Å². The zero-order valence-corrected chi connectivity index (χ0v) is 10.5. The fourth-order valence-corrected chi connectivity index (χ4v) is 2.46. The van der Waals surface area contributed by atoms with Crippen molar-refractivity contribution in [3.63, 3.8) is 0 Å². The van der Waals surface area contributed by atoms with Crippen LogP contribution in [-0.4, -0.2) is 16.1 Å². The molecule has 2 aromatic carbocycles. The van der Waals surface area contributed by atoms with Crippen LogP contribution in [0.15, 0.2) is 48.5 Å². The number of aromatic nitrogens is 1. The fraction of sp³-hybridized carbons (Fsp3) is 0.125. The predicted octanol–water partition coefficient (Wildman–Crippen LogP) is 3.58. The number of para-hydroxylation sites is 2. The molecule has 0 aliphatic heterocycles. The Bertz CT molecular complexity index is 726. The molecule has 1 aromatic heterocycles. The Morgan fingerprint density at radius 1 is 1.00 bits per heavy atom. The van der Waals surface area contributed by atoms with Gasteiger partial charge in [-0.2, -0.15) is 0 Å². The van der Waals surface area contributed by atoms with Crippen LogP contribution in [0.25, 0.3) is 21.8 Å². The Labute approximate surface area is 110 Å². The lowest BCUT2D eigenvalue weighted by Crippen LogP contribution is -2.09. The van der Waals surface area contributed by atoms with Gasteiger partial charge in [0, 0.05) is 10.8 Å². The van der Waals surface area contributed by atoms with E-state index in [1.54, 1.807) is 6.92 Å². The molecule has 0 bridgehead atoms. The van der Waals surface area contributed by atoms with Crippen molar-refractivity contribution in [3.8, 4) is 0 Å². The molecule has 19 heavy (non-hydrogen) atoms. The minimum atomic E-state index is -0.818.